The molecule has 1 heterocycles. The average Bonchev–Trinajstić information content (AvgIpc) is 2.84. The van der Waals surface area contributed by atoms with Gasteiger partial charge in [0.2, 0.25) is 5.67 Å². The van der Waals surface area contributed by atoms with Gasteiger partial charge in [0.1, 0.15) is 5.60 Å². The summed E-state index contributed by atoms with van der Waals surface area (Å²) in [6.07, 6.45) is 5.46. The van der Waals surface area contributed by atoms with Gasteiger partial charge in [-0.15, -0.1) is 23.5 Å². The van der Waals surface area contributed by atoms with E-state index < -0.39 is 11.6 Å². The van der Waals surface area contributed by atoms with Gasteiger partial charge in [0.05, 0.1) is 4.08 Å². The van der Waals surface area contributed by atoms with Crippen molar-refractivity contribution in [1.82, 2.24) is 0 Å². The van der Waals surface area contributed by atoms with Gasteiger partial charge in [-0.3, -0.25) is 0 Å². The molecule has 4 aliphatic carbocycles. The van der Waals surface area contributed by atoms with Gasteiger partial charge < -0.3 is 4.74 Å². The van der Waals surface area contributed by atoms with Gasteiger partial charge in [0.15, 0.2) is 0 Å². The van der Waals surface area contributed by atoms with Crippen LogP contribution in [0.25, 0.3) is 0 Å². The van der Waals surface area contributed by atoms with Crippen LogP contribution in [0.15, 0.2) is 0 Å². The predicted molar refractivity (Wildman–Crippen MR) is 85.2 cm³/mol. The number of esters is 1. The minimum absolute atomic E-state index is 0.355. The van der Waals surface area contributed by atoms with Gasteiger partial charge in [-0.05, 0) is 63.7 Å². The normalized spacial score (nSPS) is 43.5. The van der Waals surface area contributed by atoms with E-state index in [0.717, 1.165) is 19.3 Å². The van der Waals surface area contributed by atoms with E-state index in [2.05, 4.69) is 23.5 Å². The molecular formula is C16H23FO2S2. The van der Waals surface area contributed by atoms with E-state index in [1.54, 1.807) is 0 Å². The molecule has 21 heavy (non-hydrogen) atoms. The van der Waals surface area contributed by atoms with E-state index in [1.165, 1.54) is 38.2 Å². The minimum atomic E-state index is -1.88. The molecule has 1 spiro atoms. The van der Waals surface area contributed by atoms with Gasteiger partial charge >= 0.3 is 5.97 Å². The van der Waals surface area contributed by atoms with Crippen LogP contribution in [0.2, 0.25) is 0 Å². The van der Waals surface area contributed by atoms with E-state index in [4.69, 9.17) is 4.74 Å². The number of carbonyl (C=O) groups excluding carboxylic acids is 1. The number of rotatable bonds is 2. The summed E-state index contributed by atoms with van der Waals surface area (Å²) < 4.78 is 20.1. The van der Waals surface area contributed by atoms with Gasteiger partial charge in [-0.2, -0.15) is 0 Å². The third-order valence-electron chi connectivity index (χ3n) is 5.80. The molecule has 5 aliphatic rings. The molecular weight excluding hydrogens is 307 g/mol. The second-order valence-corrected chi connectivity index (χ2v) is 10.8. The number of alkyl halides is 1. The maximum atomic E-state index is 13.9. The second kappa shape index (κ2) is 4.56. The summed E-state index contributed by atoms with van der Waals surface area (Å²) in [6.45, 7) is 2.61. The maximum absolute atomic E-state index is 13.9. The molecule has 0 radical (unpaired) electrons. The summed E-state index contributed by atoms with van der Waals surface area (Å²) in [6, 6.07) is 0. The number of halogens is 1. The Morgan fingerprint density at radius 1 is 1.14 bits per heavy atom. The van der Waals surface area contributed by atoms with E-state index in [9.17, 15) is 9.18 Å². The maximum Gasteiger partial charge on any atom is 0.343 e. The molecule has 5 fully saturated rings. The Morgan fingerprint density at radius 2 is 1.71 bits per heavy atom. The number of carbonyl (C=O) groups is 1. The fraction of sp³-hybridized carbons (Fsp3) is 0.938. The fourth-order valence-electron chi connectivity index (χ4n) is 5.21. The van der Waals surface area contributed by atoms with Crippen LogP contribution in [0.3, 0.4) is 0 Å². The quantitative estimate of drug-likeness (QED) is 0.714. The van der Waals surface area contributed by atoms with Gasteiger partial charge in [-0.1, -0.05) is 0 Å². The standard InChI is InChI=1S/C16H23FO2S2/c1-14(2,17)13(18)19-15-7-10-5-11(8-15)16(12(6-10)9-15)20-3-4-21-16/h10-12H,3-9H2,1-2H3. The highest BCUT2D eigenvalue weighted by Crippen LogP contribution is 2.70. The first-order chi connectivity index (χ1) is 9.83. The SMILES string of the molecule is CC(C)(F)C(=O)OC12CC3CC(C1)C1(SCCS1)C(C3)C2. The third-order valence-corrected chi connectivity index (χ3v) is 9.82. The average molecular weight is 330 g/mol. The summed E-state index contributed by atoms with van der Waals surface area (Å²) in [4.78, 5) is 12.1. The monoisotopic (exact) mass is 330 g/mol. The third kappa shape index (κ3) is 2.17. The van der Waals surface area contributed by atoms with Crippen molar-refractivity contribution in [3.8, 4) is 0 Å². The van der Waals surface area contributed by atoms with Crippen molar-refractivity contribution in [2.45, 2.75) is 61.3 Å². The lowest BCUT2D eigenvalue weighted by atomic mass is 9.53. The molecule has 1 saturated heterocycles. The highest BCUT2D eigenvalue weighted by molar-refractivity contribution is 8.21. The number of thioether (sulfide) groups is 2. The Balaban J connectivity index is 1.59. The predicted octanol–water partition coefficient (Wildman–Crippen LogP) is 4.03. The van der Waals surface area contributed by atoms with Crippen molar-refractivity contribution >= 4 is 29.5 Å². The largest absolute Gasteiger partial charge is 0.457 e. The lowest BCUT2D eigenvalue weighted by Crippen LogP contribution is -2.62. The first kappa shape index (κ1) is 14.7. The topological polar surface area (TPSA) is 26.3 Å². The van der Waals surface area contributed by atoms with Crippen LogP contribution < -0.4 is 0 Å². The fourth-order valence-corrected chi connectivity index (χ4v) is 9.01. The second-order valence-electron chi connectivity index (χ2n) is 7.81. The first-order valence-corrected chi connectivity index (χ1v) is 10.0. The van der Waals surface area contributed by atoms with E-state index >= 15 is 0 Å². The van der Waals surface area contributed by atoms with Gasteiger partial charge in [0, 0.05) is 11.5 Å². The van der Waals surface area contributed by atoms with Crippen LogP contribution in [0, 0.1) is 17.8 Å². The van der Waals surface area contributed by atoms with Crippen molar-refractivity contribution in [2.24, 2.45) is 17.8 Å². The van der Waals surface area contributed by atoms with E-state index in [0.29, 0.717) is 21.8 Å². The molecule has 2 nitrogen and oxygen atoms in total. The van der Waals surface area contributed by atoms with E-state index in [1.807, 2.05) is 0 Å². The van der Waals surface area contributed by atoms with Crippen LogP contribution in [-0.4, -0.2) is 32.8 Å². The van der Waals surface area contributed by atoms with Crippen molar-refractivity contribution < 1.29 is 13.9 Å². The molecule has 0 N–H and O–H groups in total. The van der Waals surface area contributed by atoms with Crippen molar-refractivity contribution in [3.05, 3.63) is 0 Å². The molecule has 2 atom stereocenters. The Hall–Kier alpha value is 0.1000. The van der Waals surface area contributed by atoms with Crippen LogP contribution in [-0.2, 0) is 9.53 Å². The lowest BCUT2D eigenvalue weighted by molar-refractivity contribution is -0.197. The molecule has 0 aromatic rings. The smallest absolute Gasteiger partial charge is 0.343 e. The van der Waals surface area contributed by atoms with Crippen molar-refractivity contribution in [3.63, 3.8) is 0 Å². The Labute approximate surface area is 134 Å². The van der Waals surface area contributed by atoms with Crippen molar-refractivity contribution in [1.29, 1.82) is 0 Å². The summed E-state index contributed by atoms with van der Waals surface area (Å²) >= 11 is 4.30. The first-order valence-electron chi connectivity index (χ1n) is 8.03. The Kier molecular flexibility index (Phi) is 3.19. The highest BCUT2D eigenvalue weighted by Gasteiger charge is 2.65. The van der Waals surface area contributed by atoms with Crippen molar-refractivity contribution in [2.75, 3.05) is 11.5 Å². The molecule has 5 rings (SSSR count). The molecule has 0 aromatic carbocycles. The molecule has 2 unspecified atom stereocenters. The van der Waals surface area contributed by atoms with Gasteiger partial charge in [0.25, 0.3) is 0 Å². The van der Waals surface area contributed by atoms with Gasteiger partial charge in [-0.25, -0.2) is 9.18 Å². The molecule has 0 amide bonds. The van der Waals surface area contributed by atoms with E-state index in [-0.39, 0.29) is 5.60 Å². The number of ether oxygens (including phenoxy) is 1. The lowest BCUT2D eigenvalue weighted by Gasteiger charge is -2.63. The zero-order valence-corrected chi connectivity index (χ0v) is 14.3. The number of hydrogen-bond donors (Lipinski definition) is 0. The molecule has 5 heteroatoms. The van der Waals surface area contributed by atoms with Crippen LogP contribution in [0.1, 0.15) is 46.0 Å². The molecule has 1 aliphatic heterocycles. The molecule has 4 bridgehead atoms. The summed E-state index contributed by atoms with van der Waals surface area (Å²) in [7, 11) is 0. The molecule has 0 aromatic heterocycles. The number of hydrogen-bond acceptors (Lipinski definition) is 4. The van der Waals surface area contributed by atoms with Crippen LogP contribution in [0.5, 0.6) is 0 Å². The molecule has 4 saturated carbocycles. The highest BCUT2D eigenvalue weighted by atomic mass is 32.2. The van der Waals surface area contributed by atoms with Crippen LogP contribution in [0.4, 0.5) is 4.39 Å². The minimum Gasteiger partial charge on any atom is -0.457 e. The summed E-state index contributed by atoms with van der Waals surface area (Å²) in [5.74, 6) is 3.84. The van der Waals surface area contributed by atoms with Crippen LogP contribution >= 0.6 is 23.5 Å². The zero-order chi connectivity index (χ0) is 14.9. The molecule has 118 valence electrons. The summed E-state index contributed by atoms with van der Waals surface area (Å²) in [5, 5.41) is 0. The Bertz CT molecular complexity index is 449. The zero-order valence-electron chi connectivity index (χ0n) is 12.7. The Morgan fingerprint density at radius 3 is 2.24 bits per heavy atom. The summed E-state index contributed by atoms with van der Waals surface area (Å²) in [5.41, 5.74) is -2.23.